The number of halogens is 6. The van der Waals surface area contributed by atoms with Gasteiger partial charge in [0.2, 0.25) is 5.91 Å². The van der Waals surface area contributed by atoms with E-state index < -0.39 is 41.3 Å². The van der Waals surface area contributed by atoms with Crippen LogP contribution in [0.2, 0.25) is 0 Å². The van der Waals surface area contributed by atoms with Crippen LogP contribution in [-0.4, -0.2) is 31.7 Å². The molecule has 1 amide bonds. The molecule has 200 valence electrons. The average Bonchev–Trinajstić information content (AvgIpc) is 3.63. The second kappa shape index (κ2) is 11.4. The zero-order chi connectivity index (χ0) is 26.6. The van der Waals surface area contributed by atoms with Gasteiger partial charge >= 0.3 is 12.4 Å². The van der Waals surface area contributed by atoms with Gasteiger partial charge in [-0.25, -0.2) is 0 Å². The van der Waals surface area contributed by atoms with Crippen LogP contribution in [0, 0.1) is 28.6 Å². The molecule has 2 N–H and O–H groups in total. The Hall–Kier alpha value is -2.32. The van der Waals surface area contributed by atoms with Gasteiger partial charge in [0.1, 0.15) is 0 Å². The van der Waals surface area contributed by atoms with Crippen molar-refractivity contribution >= 4 is 5.91 Å². The number of hydrogen-bond acceptors (Lipinski definition) is 4. The number of nitrogens with zero attached hydrogens (tertiary/aromatic N) is 1. The molecule has 36 heavy (non-hydrogen) atoms. The van der Waals surface area contributed by atoms with Gasteiger partial charge in [-0.15, -0.1) is 0 Å². The minimum atomic E-state index is -4.96. The molecule has 1 heterocycles. The van der Waals surface area contributed by atoms with Crippen molar-refractivity contribution in [2.45, 2.75) is 70.4 Å². The fourth-order valence-electron chi connectivity index (χ4n) is 5.11. The van der Waals surface area contributed by atoms with Crippen LogP contribution in [0.4, 0.5) is 26.3 Å². The number of amides is 1. The third-order valence-corrected chi connectivity index (χ3v) is 7.30. The Labute approximate surface area is 206 Å². The summed E-state index contributed by atoms with van der Waals surface area (Å²) in [6.45, 7) is 3.39. The molecule has 0 radical (unpaired) electrons. The summed E-state index contributed by atoms with van der Waals surface area (Å²) in [6.07, 6.45) is -6.05. The number of carbonyl (C=O) groups excluding carboxylic acids is 1. The van der Waals surface area contributed by atoms with Crippen molar-refractivity contribution < 1.29 is 35.9 Å². The predicted octanol–water partition coefficient (Wildman–Crippen LogP) is 5.45. The van der Waals surface area contributed by atoms with Crippen LogP contribution < -0.4 is 10.6 Å². The Bertz CT molecular complexity index is 920. The Morgan fingerprint density at radius 1 is 1.08 bits per heavy atom. The molecule has 1 aliphatic carbocycles. The summed E-state index contributed by atoms with van der Waals surface area (Å²) in [5, 5.41) is 15.4. The van der Waals surface area contributed by atoms with Gasteiger partial charge in [0, 0.05) is 25.8 Å². The van der Waals surface area contributed by atoms with E-state index in [4.69, 9.17) is 4.74 Å². The Balaban J connectivity index is 1.71. The Kier molecular flexibility index (Phi) is 8.93. The minimum Gasteiger partial charge on any atom is -0.381 e. The minimum absolute atomic E-state index is 0.0643. The lowest BCUT2D eigenvalue weighted by atomic mass is 9.74. The van der Waals surface area contributed by atoms with Gasteiger partial charge < -0.3 is 15.4 Å². The normalized spacial score (nSPS) is 22.5. The Morgan fingerprint density at radius 2 is 1.69 bits per heavy atom. The first-order valence-corrected chi connectivity index (χ1v) is 12.2. The molecule has 3 rings (SSSR count). The molecule has 2 fully saturated rings. The first-order chi connectivity index (χ1) is 16.9. The molecule has 1 saturated heterocycles. The van der Waals surface area contributed by atoms with Gasteiger partial charge in [-0.1, -0.05) is 6.92 Å². The lowest BCUT2D eigenvalue weighted by molar-refractivity contribution is -0.143. The summed E-state index contributed by atoms with van der Waals surface area (Å²) >= 11 is 0. The topological polar surface area (TPSA) is 74.2 Å². The number of benzene rings is 1. The third kappa shape index (κ3) is 6.91. The predicted molar refractivity (Wildman–Crippen MR) is 119 cm³/mol. The van der Waals surface area contributed by atoms with E-state index in [1.807, 2.05) is 6.92 Å². The van der Waals surface area contributed by atoms with Crippen LogP contribution >= 0.6 is 0 Å². The van der Waals surface area contributed by atoms with E-state index in [1.165, 1.54) is 0 Å². The van der Waals surface area contributed by atoms with E-state index in [-0.39, 0.29) is 23.5 Å². The second-order valence-corrected chi connectivity index (χ2v) is 9.63. The lowest BCUT2D eigenvalue weighted by Crippen LogP contribution is -2.43. The summed E-state index contributed by atoms with van der Waals surface area (Å²) in [5.41, 5.74) is -4.04. The molecule has 3 unspecified atom stereocenters. The first-order valence-electron chi connectivity index (χ1n) is 12.2. The van der Waals surface area contributed by atoms with Crippen LogP contribution in [-0.2, 0) is 28.4 Å². The van der Waals surface area contributed by atoms with Crippen LogP contribution in [0.25, 0.3) is 0 Å². The summed E-state index contributed by atoms with van der Waals surface area (Å²) in [6, 6.07) is 3.83. The van der Waals surface area contributed by atoms with E-state index in [9.17, 15) is 36.4 Å². The molecule has 2 aliphatic rings. The number of nitrogens with one attached hydrogen (secondary N) is 2. The maximum Gasteiger partial charge on any atom is 0.416 e. The SMILES string of the molecule is CCC(CCCNC1CCOCC1)(C(=O)NCc1cc(C(F)(F)F)cc(C(F)(F)F)c1)C1CC1C#N. The molecule has 0 bridgehead atoms. The highest BCUT2D eigenvalue weighted by molar-refractivity contribution is 5.83. The second-order valence-electron chi connectivity index (χ2n) is 9.63. The zero-order valence-corrected chi connectivity index (χ0v) is 20.1. The number of carbonyl (C=O) groups is 1. The van der Waals surface area contributed by atoms with Gasteiger partial charge in [0.05, 0.1) is 28.5 Å². The van der Waals surface area contributed by atoms with Crippen molar-refractivity contribution in [1.82, 2.24) is 10.6 Å². The van der Waals surface area contributed by atoms with Crippen LogP contribution in [0.3, 0.4) is 0 Å². The van der Waals surface area contributed by atoms with Gasteiger partial charge in [0.15, 0.2) is 0 Å². The van der Waals surface area contributed by atoms with E-state index in [1.54, 1.807) is 0 Å². The molecule has 0 aromatic heterocycles. The van der Waals surface area contributed by atoms with Crippen LogP contribution in [0.1, 0.15) is 62.1 Å². The summed E-state index contributed by atoms with van der Waals surface area (Å²) in [5.74, 6) is -0.919. The fraction of sp³-hybridized carbons (Fsp3) is 0.680. The van der Waals surface area contributed by atoms with Crippen molar-refractivity contribution in [2.24, 2.45) is 17.3 Å². The molecule has 1 saturated carbocycles. The van der Waals surface area contributed by atoms with Gasteiger partial charge in [-0.3, -0.25) is 4.79 Å². The van der Waals surface area contributed by atoms with Crippen molar-refractivity contribution in [3.8, 4) is 6.07 Å². The van der Waals surface area contributed by atoms with E-state index in [0.29, 0.717) is 63.6 Å². The highest BCUT2D eigenvalue weighted by Crippen LogP contribution is 2.55. The number of hydrogen-bond donors (Lipinski definition) is 2. The molecule has 3 atom stereocenters. The molecule has 1 aromatic rings. The van der Waals surface area contributed by atoms with E-state index in [2.05, 4.69) is 16.7 Å². The van der Waals surface area contributed by atoms with Crippen molar-refractivity contribution in [3.05, 3.63) is 34.9 Å². The molecular formula is C25H31F6N3O2. The number of ether oxygens (including phenoxy) is 1. The molecule has 0 spiro atoms. The smallest absolute Gasteiger partial charge is 0.381 e. The summed E-state index contributed by atoms with van der Waals surface area (Å²) in [4.78, 5) is 13.4. The number of rotatable bonds is 10. The lowest BCUT2D eigenvalue weighted by Gasteiger charge is -2.32. The number of alkyl halides is 6. The monoisotopic (exact) mass is 519 g/mol. The number of nitriles is 1. The first kappa shape index (κ1) is 28.3. The Morgan fingerprint density at radius 3 is 2.19 bits per heavy atom. The van der Waals surface area contributed by atoms with Crippen molar-refractivity contribution in [1.29, 1.82) is 5.26 Å². The highest BCUT2D eigenvalue weighted by Gasteiger charge is 2.55. The molecular weight excluding hydrogens is 488 g/mol. The molecule has 5 nitrogen and oxygen atoms in total. The van der Waals surface area contributed by atoms with Gasteiger partial charge in [-0.05, 0) is 74.8 Å². The third-order valence-electron chi connectivity index (χ3n) is 7.30. The maximum absolute atomic E-state index is 13.4. The van der Waals surface area contributed by atoms with Gasteiger partial charge in [-0.2, -0.15) is 31.6 Å². The maximum atomic E-state index is 13.4. The molecule has 1 aromatic carbocycles. The average molecular weight is 520 g/mol. The van der Waals surface area contributed by atoms with E-state index in [0.717, 1.165) is 12.8 Å². The summed E-state index contributed by atoms with van der Waals surface area (Å²) in [7, 11) is 0. The quantitative estimate of drug-likeness (QED) is 0.319. The largest absolute Gasteiger partial charge is 0.416 e. The van der Waals surface area contributed by atoms with Gasteiger partial charge in [0.25, 0.3) is 0 Å². The van der Waals surface area contributed by atoms with Crippen molar-refractivity contribution in [2.75, 3.05) is 19.8 Å². The summed E-state index contributed by atoms with van der Waals surface area (Å²) < 4.78 is 84.4. The van der Waals surface area contributed by atoms with Crippen molar-refractivity contribution in [3.63, 3.8) is 0 Å². The highest BCUT2D eigenvalue weighted by atomic mass is 19.4. The molecule has 1 aliphatic heterocycles. The fourth-order valence-corrected chi connectivity index (χ4v) is 5.11. The standard InChI is InChI=1S/C25H31F6N3O2/c1-2-23(21-12-17(21)14-32,6-3-7-33-20-4-8-36-9-5-20)22(35)34-15-16-10-18(24(26,27)28)13-19(11-16)25(29,30)31/h10-11,13,17,20-21,33H,2-9,12,15H2,1H3,(H,34,35). The van der Waals surface area contributed by atoms with Crippen LogP contribution in [0.5, 0.6) is 0 Å². The van der Waals surface area contributed by atoms with E-state index >= 15 is 0 Å². The zero-order valence-electron chi connectivity index (χ0n) is 20.1. The molecule has 11 heteroatoms. The van der Waals surface area contributed by atoms with Crippen LogP contribution in [0.15, 0.2) is 18.2 Å².